The predicted molar refractivity (Wildman–Crippen MR) is 89.6 cm³/mol. The summed E-state index contributed by atoms with van der Waals surface area (Å²) in [7, 11) is 0. The van der Waals surface area contributed by atoms with Crippen molar-refractivity contribution in [1.29, 1.82) is 0 Å². The molecule has 5 nitrogen and oxygen atoms in total. The fourth-order valence-electron chi connectivity index (χ4n) is 2.50. The Bertz CT molecular complexity index is 641. The van der Waals surface area contributed by atoms with Crippen LogP contribution in [0.2, 0.25) is 5.02 Å². The van der Waals surface area contributed by atoms with Gasteiger partial charge in [0.1, 0.15) is 5.69 Å². The highest BCUT2D eigenvalue weighted by atomic mass is 35.5. The van der Waals surface area contributed by atoms with Gasteiger partial charge in [-0.2, -0.15) is 5.10 Å². The van der Waals surface area contributed by atoms with Crippen molar-refractivity contribution in [2.45, 2.75) is 13.0 Å². The lowest BCUT2D eigenvalue weighted by Crippen LogP contribution is -2.52. The molecule has 2 heterocycles. The van der Waals surface area contributed by atoms with Gasteiger partial charge in [-0.15, -0.1) is 12.4 Å². The van der Waals surface area contributed by atoms with Crippen LogP contribution in [0.1, 0.15) is 17.4 Å². The summed E-state index contributed by atoms with van der Waals surface area (Å²) in [6.45, 7) is 4.41. The molecule has 7 heteroatoms. The highest BCUT2D eigenvalue weighted by Crippen LogP contribution is 2.21. The first-order valence-corrected chi connectivity index (χ1v) is 7.36. The van der Waals surface area contributed by atoms with Gasteiger partial charge in [0, 0.05) is 36.3 Å². The molecule has 1 aliphatic rings. The molecule has 1 aromatic carbocycles. The van der Waals surface area contributed by atoms with Crippen LogP contribution in [0.15, 0.2) is 30.3 Å². The van der Waals surface area contributed by atoms with Gasteiger partial charge in [-0.05, 0) is 25.1 Å². The number of piperazine rings is 1. The molecule has 1 amide bonds. The van der Waals surface area contributed by atoms with Gasteiger partial charge in [-0.25, -0.2) is 0 Å². The number of carbonyl (C=O) groups excluding carboxylic acids is 1. The second-order valence-electron chi connectivity index (χ2n) is 5.23. The summed E-state index contributed by atoms with van der Waals surface area (Å²) < 4.78 is 0. The molecule has 2 aromatic rings. The van der Waals surface area contributed by atoms with E-state index < -0.39 is 0 Å². The number of aromatic amines is 1. The van der Waals surface area contributed by atoms with Crippen LogP contribution in [0.25, 0.3) is 11.3 Å². The number of halogens is 2. The summed E-state index contributed by atoms with van der Waals surface area (Å²) >= 11 is 5.88. The molecule has 0 spiro atoms. The fraction of sp³-hybridized carbons (Fsp3) is 0.333. The van der Waals surface area contributed by atoms with Crippen LogP contribution in [-0.2, 0) is 0 Å². The summed E-state index contributed by atoms with van der Waals surface area (Å²) in [5.74, 6) is -0.00304. The number of hydrogen-bond donors (Lipinski definition) is 2. The number of nitrogens with zero attached hydrogens (tertiary/aromatic N) is 2. The Balaban J connectivity index is 0.00000176. The molecule has 1 aromatic heterocycles. The molecule has 0 bridgehead atoms. The lowest BCUT2D eigenvalue weighted by atomic mass is 10.1. The third-order valence-electron chi connectivity index (χ3n) is 3.71. The van der Waals surface area contributed by atoms with Crippen molar-refractivity contribution in [3.05, 3.63) is 41.0 Å². The average Bonchev–Trinajstić information content (AvgIpc) is 2.98. The molecular weight excluding hydrogens is 323 g/mol. The molecule has 1 aliphatic heterocycles. The Morgan fingerprint density at radius 3 is 2.77 bits per heavy atom. The van der Waals surface area contributed by atoms with E-state index >= 15 is 0 Å². The lowest BCUT2D eigenvalue weighted by molar-refractivity contribution is 0.0649. The standard InChI is InChI=1S/C15H17ClN4O.ClH/c1-10-9-17-6-7-20(10)15(21)14-8-13(18-19-14)11-2-4-12(16)5-3-11;/h2-5,8,10,17H,6-7,9H2,1H3,(H,18,19);1H. The normalized spacial score (nSPS) is 17.9. The lowest BCUT2D eigenvalue weighted by Gasteiger charge is -2.33. The molecule has 3 rings (SSSR count). The van der Waals surface area contributed by atoms with Gasteiger partial charge in [0.25, 0.3) is 5.91 Å². The van der Waals surface area contributed by atoms with Crippen LogP contribution in [-0.4, -0.2) is 46.7 Å². The number of rotatable bonds is 2. The van der Waals surface area contributed by atoms with Gasteiger partial charge in [0.15, 0.2) is 0 Å². The minimum Gasteiger partial charge on any atom is -0.332 e. The average molecular weight is 341 g/mol. The van der Waals surface area contributed by atoms with Crippen LogP contribution >= 0.6 is 24.0 Å². The van der Waals surface area contributed by atoms with Crippen LogP contribution in [0.3, 0.4) is 0 Å². The van der Waals surface area contributed by atoms with E-state index in [1.807, 2.05) is 36.1 Å². The van der Waals surface area contributed by atoms with E-state index in [4.69, 9.17) is 11.6 Å². The molecule has 118 valence electrons. The minimum absolute atomic E-state index is 0. The second-order valence-corrected chi connectivity index (χ2v) is 5.66. The summed E-state index contributed by atoms with van der Waals surface area (Å²) in [5, 5.41) is 11.0. The van der Waals surface area contributed by atoms with Crippen molar-refractivity contribution in [1.82, 2.24) is 20.4 Å². The predicted octanol–water partition coefficient (Wildman–Crippen LogP) is 2.59. The fourth-order valence-corrected chi connectivity index (χ4v) is 2.62. The smallest absolute Gasteiger partial charge is 0.272 e. The molecule has 1 fully saturated rings. The molecular formula is C15H18Cl2N4O. The van der Waals surface area contributed by atoms with Gasteiger partial charge in [0.2, 0.25) is 0 Å². The van der Waals surface area contributed by atoms with Crippen LogP contribution in [0.5, 0.6) is 0 Å². The molecule has 1 atom stereocenters. The third-order valence-corrected chi connectivity index (χ3v) is 3.96. The Hall–Kier alpha value is -1.56. The Labute approximate surface area is 140 Å². The highest BCUT2D eigenvalue weighted by molar-refractivity contribution is 6.30. The van der Waals surface area contributed by atoms with Crippen molar-refractivity contribution in [3.63, 3.8) is 0 Å². The molecule has 22 heavy (non-hydrogen) atoms. The van der Waals surface area contributed by atoms with E-state index in [0.717, 1.165) is 30.9 Å². The zero-order valence-electron chi connectivity index (χ0n) is 12.2. The van der Waals surface area contributed by atoms with Crippen LogP contribution in [0, 0.1) is 0 Å². The maximum atomic E-state index is 12.5. The SMILES string of the molecule is CC1CNCCN1C(=O)c1cc(-c2ccc(Cl)cc2)n[nH]1.Cl. The monoisotopic (exact) mass is 340 g/mol. The van der Waals surface area contributed by atoms with E-state index in [9.17, 15) is 4.79 Å². The molecule has 0 saturated carbocycles. The Kier molecular flexibility index (Phi) is 5.45. The van der Waals surface area contributed by atoms with Crippen LogP contribution in [0.4, 0.5) is 0 Å². The number of carbonyl (C=O) groups is 1. The summed E-state index contributed by atoms with van der Waals surface area (Å²) in [6.07, 6.45) is 0. The third kappa shape index (κ3) is 3.43. The molecule has 0 aliphatic carbocycles. The number of H-pyrrole nitrogens is 1. The van der Waals surface area contributed by atoms with Gasteiger partial charge in [0.05, 0.1) is 5.69 Å². The number of aromatic nitrogens is 2. The first-order chi connectivity index (χ1) is 10.1. The molecule has 1 unspecified atom stereocenters. The highest BCUT2D eigenvalue weighted by Gasteiger charge is 2.25. The van der Waals surface area contributed by atoms with E-state index in [2.05, 4.69) is 15.5 Å². The quantitative estimate of drug-likeness (QED) is 0.883. The van der Waals surface area contributed by atoms with Crippen molar-refractivity contribution in [2.75, 3.05) is 19.6 Å². The topological polar surface area (TPSA) is 61.0 Å². The molecule has 0 radical (unpaired) electrons. The number of hydrogen-bond acceptors (Lipinski definition) is 3. The van der Waals surface area contributed by atoms with Gasteiger partial charge in [-0.1, -0.05) is 23.7 Å². The van der Waals surface area contributed by atoms with Crippen molar-refractivity contribution in [2.24, 2.45) is 0 Å². The largest absolute Gasteiger partial charge is 0.332 e. The summed E-state index contributed by atoms with van der Waals surface area (Å²) in [6, 6.07) is 9.38. The molecule has 1 saturated heterocycles. The van der Waals surface area contributed by atoms with Crippen molar-refractivity contribution in [3.8, 4) is 11.3 Å². The van der Waals surface area contributed by atoms with Crippen LogP contribution < -0.4 is 5.32 Å². The van der Waals surface area contributed by atoms with Gasteiger partial charge in [-0.3, -0.25) is 9.89 Å². The number of amides is 1. The first kappa shape index (κ1) is 16.8. The zero-order valence-corrected chi connectivity index (χ0v) is 13.7. The summed E-state index contributed by atoms with van der Waals surface area (Å²) in [5.41, 5.74) is 2.20. The second kappa shape index (κ2) is 7.13. The maximum Gasteiger partial charge on any atom is 0.272 e. The minimum atomic E-state index is -0.00304. The molecule has 2 N–H and O–H groups in total. The summed E-state index contributed by atoms with van der Waals surface area (Å²) in [4.78, 5) is 14.4. The van der Waals surface area contributed by atoms with E-state index in [1.165, 1.54) is 0 Å². The van der Waals surface area contributed by atoms with E-state index in [-0.39, 0.29) is 24.4 Å². The maximum absolute atomic E-state index is 12.5. The number of nitrogens with one attached hydrogen (secondary N) is 2. The van der Waals surface area contributed by atoms with Gasteiger partial charge < -0.3 is 10.2 Å². The first-order valence-electron chi connectivity index (χ1n) is 6.98. The Morgan fingerprint density at radius 1 is 1.36 bits per heavy atom. The van der Waals surface area contributed by atoms with Gasteiger partial charge >= 0.3 is 0 Å². The van der Waals surface area contributed by atoms with Crippen molar-refractivity contribution >= 4 is 29.9 Å². The zero-order chi connectivity index (χ0) is 14.8. The van der Waals surface area contributed by atoms with E-state index in [0.29, 0.717) is 10.7 Å². The Morgan fingerprint density at radius 2 is 2.09 bits per heavy atom. The number of benzene rings is 1. The van der Waals surface area contributed by atoms with E-state index in [1.54, 1.807) is 6.07 Å². The van der Waals surface area contributed by atoms with Crippen molar-refractivity contribution < 1.29 is 4.79 Å².